The van der Waals surface area contributed by atoms with E-state index in [1.54, 1.807) is 30.3 Å². The number of benzene rings is 1. The van der Waals surface area contributed by atoms with Gasteiger partial charge in [-0.2, -0.15) is 5.26 Å². The van der Waals surface area contributed by atoms with Crippen molar-refractivity contribution in [3.8, 4) is 17.4 Å². The molecule has 29 heavy (non-hydrogen) atoms. The van der Waals surface area contributed by atoms with Crippen LogP contribution >= 0.6 is 23.2 Å². The highest BCUT2D eigenvalue weighted by Gasteiger charge is 2.36. The Bertz CT molecular complexity index is 1110. The van der Waals surface area contributed by atoms with E-state index in [-0.39, 0.29) is 23.3 Å². The fraction of sp³-hybridized carbons (Fsp3) is 0.190. The van der Waals surface area contributed by atoms with Gasteiger partial charge in [-0.15, -0.1) is 0 Å². The molecule has 1 aliphatic heterocycles. The summed E-state index contributed by atoms with van der Waals surface area (Å²) in [5.41, 5.74) is 0.832. The summed E-state index contributed by atoms with van der Waals surface area (Å²) >= 11 is 12.2. The maximum absolute atomic E-state index is 12.8. The minimum Gasteiger partial charge on any atom is -0.457 e. The third-order valence-corrected chi connectivity index (χ3v) is 4.94. The molecule has 1 aromatic carbocycles. The average Bonchev–Trinajstić information content (AvgIpc) is 3.13. The smallest absolute Gasteiger partial charge is 0.271 e. The van der Waals surface area contributed by atoms with Crippen LogP contribution < -0.4 is 0 Å². The number of rotatable bonds is 4. The lowest BCUT2D eigenvalue weighted by Crippen LogP contribution is -2.45. The molecule has 1 atom stereocenters. The Kier molecular flexibility index (Phi) is 5.94. The minimum absolute atomic E-state index is 0.139. The molecular weight excluding hydrogens is 415 g/mol. The number of hydrogen-bond donors (Lipinski definition) is 1. The molecule has 0 saturated heterocycles. The highest BCUT2D eigenvalue weighted by molar-refractivity contribution is 6.35. The van der Waals surface area contributed by atoms with E-state index in [0.29, 0.717) is 27.1 Å². The highest BCUT2D eigenvalue weighted by Crippen LogP contribution is 2.33. The second kappa shape index (κ2) is 8.26. The fourth-order valence-corrected chi connectivity index (χ4v) is 3.35. The molecule has 1 aliphatic rings. The van der Waals surface area contributed by atoms with Crippen molar-refractivity contribution in [2.24, 2.45) is 0 Å². The maximum Gasteiger partial charge on any atom is 0.271 e. The molecule has 0 fully saturated rings. The molecule has 1 N–H and O–H groups in total. The quantitative estimate of drug-likeness (QED) is 0.578. The largest absolute Gasteiger partial charge is 0.457 e. The van der Waals surface area contributed by atoms with Gasteiger partial charge in [-0.05, 0) is 55.8 Å². The van der Waals surface area contributed by atoms with E-state index >= 15 is 0 Å². The summed E-state index contributed by atoms with van der Waals surface area (Å²) in [6.45, 7) is 2.77. The molecule has 1 aromatic heterocycles. The molecule has 148 valence electrons. The van der Waals surface area contributed by atoms with E-state index in [4.69, 9.17) is 27.6 Å². The van der Waals surface area contributed by atoms with E-state index < -0.39 is 17.9 Å². The molecule has 0 radical (unpaired) electrons. The normalized spacial score (nSPS) is 17.1. The summed E-state index contributed by atoms with van der Waals surface area (Å²) in [7, 11) is 0. The molecule has 2 heterocycles. The number of furan rings is 1. The van der Waals surface area contributed by atoms with Crippen molar-refractivity contribution in [2.45, 2.75) is 20.0 Å². The van der Waals surface area contributed by atoms with Crippen LogP contribution in [0.1, 0.15) is 19.6 Å². The molecule has 3 rings (SSSR count). The summed E-state index contributed by atoms with van der Waals surface area (Å²) in [6, 6.07) is 10.1. The lowest BCUT2D eigenvalue weighted by Gasteiger charge is -2.28. The lowest BCUT2D eigenvalue weighted by atomic mass is 9.94. The van der Waals surface area contributed by atoms with Crippen molar-refractivity contribution in [3.05, 3.63) is 62.9 Å². The van der Waals surface area contributed by atoms with Crippen molar-refractivity contribution >= 4 is 41.1 Å². The summed E-state index contributed by atoms with van der Waals surface area (Å²) in [5, 5.41) is 19.9. The van der Waals surface area contributed by atoms with Gasteiger partial charge in [0.2, 0.25) is 0 Å². The number of β-amino-alcohol motifs (C(OH)–C–C–N with tert-alkyl or cyclic N) is 1. The molecular formula is C21H16Cl2N2O4. The summed E-state index contributed by atoms with van der Waals surface area (Å²) in [4.78, 5) is 26.1. The van der Waals surface area contributed by atoms with Gasteiger partial charge >= 0.3 is 0 Å². The van der Waals surface area contributed by atoms with Crippen LogP contribution in [0.15, 0.2) is 51.5 Å². The van der Waals surface area contributed by atoms with E-state index in [2.05, 4.69) is 0 Å². The topological polar surface area (TPSA) is 94.5 Å². The summed E-state index contributed by atoms with van der Waals surface area (Å²) < 4.78 is 5.79. The fourth-order valence-electron chi connectivity index (χ4n) is 2.96. The SMILES string of the molecule is CC1=C(C#N)C(=O)N(CC(C)O)C(=O)/C1=C/c1ccc(-c2cc(Cl)ccc2Cl)o1. The first kappa shape index (κ1) is 20.9. The number of nitrogens with zero attached hydrogens (tertiary/aromatic N) is 2. The molecule has 0 bridgehead atoms. The number of aliphatic hydroxyl groups is 1. The van der Waals surface area contributed by atoms with Crippen molar-refractivity contribution < 1.29 is 19.1 Å². The van der Waals surface area contributed by atoms with Crippen molar-refractivity contribution in [1.82, 2.24) is 4.90 Å². The van der Waals surface area contributed by atoms with Gasteiger partial charge in [-0.3, -0.25) is 14.5 Å². The average molecular weight is 431 g/mol. The molecule has 1 unspecified atom stereocenters. The number of nitriles is 1. The van der Waals surface area contributed by atoms with Gasteiger partial charge in [0.1, 0.15) is 23.2 Å². The van der Waals surface area contributed by atoms with Crippen LogP contribution in [0.4, 0.5) is 0 Å². The third kappa shape index (κ3) is 4.13. The van der Waals surface area contributed by atoms with E-state index in [1.165, 1.54) is 19.9 Å². The molecule has 2 amide bonds. The Morgan fingerprint density at radius 2 is 1.97 bits per heavy atom. The molecule has 0 saturated carbocycles. The van der Waals surface area contributed by atoms with Gasteiger partial charge in [0.05, 0.1) is 17.7 Å². The van der Waals surface area contributed by atoms with Crippen LogP contribution in [0.25, 0.3) is 17.4 Å². The minimum atomic E-state index is -0.928. The predicted octanol–water partition coefficient (Wildman–Crippen LogP) is 4.23. The number of carbonyl (C=O) groups excluding carboxylic acids is 2. The number of carbonyl (C=O) groups is 2. The number of amides is 2. The van der Waals surface area contributed by atoms with Crippen molar-refractivity contribution in [1.29, 1.82) is 5.26 Å². The van der Waals surface area contributed by atoms with E-state index in [9.17, 15) is 20.0 Å². The van der Waals surface area contributed by atoms with Gasteiger partial charge in [0.15, 0.2) is 0 Å². The van der Waals surface area contributed by atoms with Gasteiger partial charge < -0.3 is 9.52 Å². The number of halogens is 2. The summed E-state index contributed by atoms with van der Waals surface area (Å²) in [5.74, 6) is -0.543. The van der Waals surface area contributed by atoms with Gasteiger partial charge in [0, 0.05) is 16.2 Å². The van der Waals surface area contributed by atoms with Crippen LogP contribution in [-0.4, -0.2) is 34.5 Å². The Labute approximate surface area is 177 Å². The van der Waals surface area contributed by atoms with Crippen molar-refractivity contribution in [3.63, 3.8) is 0 Å². The first-order chi connectivity index (χ1) is 13.7. The van der Waals surface area contributed by atoms with Crippen LogP contribution in [0.3, 0.4) is 0 Å². The first-order valence-corrected chi connectivity index (χ1v) is 9.41. The molecule has 6 nitrogen and oxygen atoms in total. The lowest BCUT2D eigenvalue weighted by molar-refractivity contribution is -0.141. The van der Waals surface area contributed by atoms with Crippen LogP contribution in [0.2, 0.25) is 10.0 Å². The van der Waals surface area contributed by atoms with Gasteiger partial charge in [-0.1, -0.05) is 23.2 Å². The van der Waals surface area contributed by atoms with E-state index in [0.717, 1.165) is 4.90 Å². The number of imide groups is 1. The Morgan fingerprint density at radius 3 is 2.62 bits per heavy atom. The van der Waals surface area contributed by atoms with Crippen LogP contribution in [-0.2, 0) is 9.59 Å². The zero-order chi connectivity index (χ0) is 21.3. The zero-order valence-electron chi connectivity index (χ0n) is 15.6. The Morgan fingerprint density at radius 1 is 1.24 bits per heavy atom. The number of hydrogen-bond acceptors (Lipinski definition) is 5. The second-order valence-electron chi connectivity index (χ2n) is 6.57. The molecule has 2 aromatic rings. The molecule has 0 aliphatic carbocycles. The van der Waals surface area contributed by atoms with Gasteiger partial charge in [-0.25, -0.2) is 0 Å². The second-order valence-corrected chi connectivity index (χ2v) is 7.41. The maximum atomic E-state index is 12.8. The molecule has 0 spiro atoms. The first-order valence-electron chi connectivity index (χ1n) is 8.65. The number of aliphatic hydroxyl groups excluding tert-OH is 1. The monoisotopic (exact) mass is 430 g/mol. The Balaban J connectivity index is 2.05. The van der Waals surface area contributed by atoms with Crippen LogP contribution in [0, 0.1) is 11.3 Å². The van der Waals surface area contributed by atoms with E-state index in [1.807, 2.05) is 6.07 Å². The standard InChI is InChI=1S/C21H16Cl2N2O4/c1-11(26)10-25-20(27)15(12(2)17(9-24)21(25)28)8-14-4-6-19(29-14)16-7-13(22)3-5-18(16)23/h3-8,11,26H,10H2,1-2H3/b15-8+. The molecule has 8 heteroatoms. The third-order valence-electron chi connectivity index (χ3n) is 4.38. The predicted molar refractivity (Wildman–Crippen MR) is 109 cm³/mol. The summed E-state index contributed by atoms with van der Waals surface area (Å²) in [6.07, 6.45) is 0.529. The van der Waals surface area contributed by atoms with Crippen molar-refractivity contribution in [2.75, 3.05) is 6.54 Å². The van der Waals surface area contributed by atoms with Gasteiger partial charge in [0.25, 0.3) is 11.8 Å². The highest BCUT2D eigenvalue weighted by atomic mass is 35.5. The van der Waals surface area contributed by atoms with Crippen LogP contribution in [0.5, 0.6) is 0 Å². The Hall–Kier alpha value is -2.85. The zero-order valence-corrected chi connectivity index (χ0v) is 17.1.